The summed E-state index contributed by atoms with van der Waals surface area (Å²) < 4.78 is 5.81. The van der Waals surface area contributed by atoms with Gasteiger partial charge in [0.2, 0.25) is 0 Å². The third kappa shape index (κ3) is 1.29. The van der Waals surface area contributed by atoms with Crippen molar-refractivity contribution in [2.75, 3.05) is 0 Å². The summed E-state index contributed by atoms with van der Waals surface area (Å²) in [6, 6.07) is 12.1. The van der Waals surface area contributed by atoms with Crippen molar-refractivity contribution in [2.45, 2.75) is 24.7 Å². The van der Waals surface area contributed by atoms with Gasteiger partial charge in [0.25, 0.3) is 0 Å². The second-order valence-electron chi connectivity index (χ2n) is 6.57. The topological polar surface area (TPSA) is 26.3 Å². The van der Waals surface area contributed by atoms with Crippen molar-refractivity contribution in [3.63, 3.8) is 0 Å². The fourth-order valence-electron chi connectivity index (χ4n) is 4.97. The van der Waals surface area contributed by atoms with Crippen molar-refractivity contribution < 1.29 is 9.53 Å². The molecule has 0 radical (unpaired) electrons. The van der Waals surface area contributed by atoms with Crippen molar-refractivity contribution in [1.29, 1.82) is 0 Å². The van der Waals surface area contributed by atoms with E-state index in [-0.39, 0.29) is 11.4 Å². The summed E-state index contributed by atoms with van der Waals surface area (Å²) in [4.78, 5) is 13.0. The first-order valence-corrected chi connectivity index (χ1v) is 8.76. The van der Waals surface area contributed by atoms with Gasteiger partial charge >= 0.3 is 5.97 Å². The van der Waals surface area contributed by atoms with Crippen LogP contribution < -0.4 is 0 Å². The Balaban J connectivity index is 1.68. The number of hydrogen-bond acceptors (Lipinski definition) is 3. The van der Waals surface area contributed by atoms with Gasteiger partial charge < -0.3 is 4.74 Å². The molecule has 1 aliphatic heterocycles. The molecule has 0 unspecified atom stereocenters. The zero-order valence-electron chi connectivity index (χ0n) is 12.1. The van der Waals surface area contributed by atoms with E-state index in [1.807, 2.05) is 30.3 Å². The molecule has 3 heteroatoms. The average molecular weight is 308 g/mol. The maximum atomic E-state index is 13.0. The molecule has 0 saturated heterocycles. The summed E-state index contributed by atoms with van der Waals surface area (Å²) in [5.74, 6) is 1.13. The van der Waals surface area contributed by atoms with E-state index in [1.54, 1.807) is 11.3 Å². The smallest absolute Gasteiger partial charge is 0.323 e. The predicted molar refractivity (Wildman–Crippen MR) is 86.3 cm³/mol. The van der Waals surface area contributed by atoms with Crippen LogP contribution in [0.15, 0.2) is 53.2 Å². The van der Waals surface area contributed by atoms with Gasteiger partial charge in [-0.15, -0.1) is 0 Å². The van der Waals surface area contributed by atoms with E-state index >= 15 is 0 Å². The number of esters is 1. The summed E-state index contributed by atoms with van der Waals surface area (Å²) in [6.07, 6.45) is 5.70. The summed E-state index contributed by atoms with van der Waals surface area (Å²) in [6.45, 7) is 0. The number of cyclic esters (lactones) is 1. The second-order valence-corrected chi connectivity index (χ2v) is 7.35. The largest absolute Gasteiger partial charge is 0.426 e. The monoisotopic (exact) mass is 308 g/mol. The molecule has 110 valence electrons. The second kappa shape index (κ2) is 4.11. The minimum atomic E-state index is -0.399. The summed E-state index contributed by atoms with van der Waals surface area (Å²) in [5, 5.41) is 4.19. The molecule has 1 aromatic heterocycles. The fraction of sp³-hybridized carbons (Fsp3) is 0.316. The molecule has 2 aromatic rings. The summed E-state index contributed by atoms with van der Waals surface area (Å²) >= 11 is 1.66. The maximum Gasteiger partial charge on any atom is 0.323 e. The van der Waals surface area contributed by atoms with Gasteiger partial charge in [0.15, 0.2) is 0 Å². The first-order valence-electron chi connectivity index (χ1n) is 7.82. The molecule has 1 aromatic carbocycles. The minimum absolute atomic E-state index is 0.00538. The number of benzene rings is 1. The Morgan fingerprint density at radius 1 is 1.18 bits per heavy atom. The highest BCUT2D eigenvalue weighted by Gasteiger charge is 2.83. The molecule has 0 N–H and O–H groups in total. The maximum absolute atomic E-state index is 13.0. The number of fused-ring (bicyclic) bond motifs is 1. The van der Waals surface area contributed by atoms with E-state index in [2.05, 4.69) is 22.9 Å². The number of carbonyl (C=O) groups is 1. The van der Waals surface area contributed by atoms with Gasteiger partial charge in [-0.3, -0.25) is 4.79 Å². The highest BCUT2D eigenvalue weighted by Crippen LogP contribution is 2.80. The third-order valence-corrected chi connectivity index (χ3v) is 6.51. The SMILES string of the molecule is O=C1OC(c2ccccc2)=C[C@]23CCC[C@H]2[C@]13c1ccsc1. The summed E-state index contributed by atoms with van der Waals surface area (Å²) in [5.41, 5.74) is 1.76. The van der Waals surface area contributed by atoms with Crippen LogP contribution >= 0.6 is 11.3 Å². The molecule has 0 bridgehead atoms. The van der Waals surface area contributed by atoms with Gasteiger partial charge in [-0.1, -0.05) is 36.8 Å². The first kappa shape index (κ1) is 12.7. The number of hydrogen-bond donors (Lipinski definition) is 0. The molecule has 2 nitrogen and oxygen atoms in total. The van der Waals surface area contributed by atoms with Crippen LogP contribution in [0.4, 0.5) is 0 Å². The fourth-order valence-corrected chi connectivity index (χ4v) is 5.69. The molecule has 3 atom stereocenters. The van der Waals surface area contributed by atoms with Crippen molar-refractivity contribution in [3.8, 4) is 0 Å². The Kier molecular flexibility index (Phi) is 2.36. The Morgan fingerprint density at radius 3 is 2.82 bits per heavy atom. The Labute approximate surface area is 133 Å². The number of allylic oxidation sites excluding steroid dienone is 1. The first-order chi connectivity index (χ1) is 10.8. The van der Waals surface area contributed by atoms with E-state index in [0.717, 1.165) is 29.7 Å². The van der Waals surface area contributed by atoms with Gasteiger partial charge in [-0.05, 0) is 47.2 Å². The number of rotatable bonds is 2. The van der Waals surface area contributed by atoms with E-state index in [4.69, 9.17) is 4.74 Å². The molecule has 3 aliphatic rings. The van der Waals surface area contributed by atoms with Crippen molar-refractivity contribution in [3.05, 3.63) is 64.4 Å². The van der Waals surface area contributed by atoms with Crippen molar-refractivity contribution in [2.24, 2.45) is 11.3 Å². The van der Waals surface area contributed by atoms with Gasteiger partial charge in [-0.25, -0.2) is 0 Å². The van der Waals surface area contributed by atoms with Gasteiger partial charge in [0.05, 0.1) is 0 Å². The van der Waals surface area contributed by atoms with Crippen LogP contribution in [0, 0.1) is 11.3 Å². The van der Waals surface area contributed by atoms with Gasteiger partial charge in [-0.2, -0.15) is 11.3 Å². The van der Waals surface area contributed by atoms with Crippen LogP contribution in [0.25, 0.3) is 5.76 Å². The van der Waals surface area contributed by atoms with E-state index in [1.165, 1.54) is 6.42 Å². The normalized spacial score (nSPS) is 35.4. The number of carbonyl (C=O) groups excluding carboxylic acids is 1. The van der Waals surface area contributed by atoms with Gasteiger partial charge in [0, 0.05) is 11.0 Å². The van der Waals surface area contributed by atoms with Crippen LogP contribution in [0.2, 0.25) is 0 Å². The molecule has 2 saturated carbocycles. The molecule has 2 heterocycles. The standard InChI is InChI=1S/C19H16O2S/c20-17-19(14-8-10-22-12-14)16-7-4-9-18(16,19)11-15(21-17)13-5-2-1-3-6-13/h1-3,5-6,8,10-12,16H,4,7,9H2/t16-,18-,19-/m1/s1. The quantitative estimate of drug-likeness (QED) is 0.769. The lowest BCUT2D eigenvalue weighted by atomic mass is 9.81. The molecule has 0 amide bonds. The lowest BCUT2D eigenvalue weighted by Gasteiger charge is -2.28. The lowest BCUT2D eigenvalue weighted by Crippen LogP contribution is -2.33. The molecule has 1 spiro atoms. The molecule has 2 fully saturated rings. The highest BCUT2D eigenvalue weighted by molar-refractivity contribution is 7.08. The van der Waals surface area contributed by atoms with Gasteiger partial charge in [0.1, 0.15) is 11.2 Å². The zero-order valence-corrected chi connectivity index (χ0v) is 12.9. The van der Waals surface area contributed by atoms with Crippen LogP contribution in [-0.2, 0) is 14.9 Å². The molecular formula is C19H16O2S. The minimum Gasteiger partial charge on any atom is -0.426 e. The van der Waals surface area contributed by atoms with Crippen LogP contribution in [0.1, 0.15) is 30.4 Å². The Morgan fingerprint density at radius 2 is 2.05 bits per heavy atom. The van der Waals surface area contributed by atoms with Crippen molar-refractivity contribution >= 4 is 23.1 Å². The predicted octanol–water partition coefficient (Wildman–Crippen LogP) is 4.38. The van der Waals surface area contributed by atoms with Crippen LogP contribution in [0.3, 0.4) is 0 Å². The Hall–Kier alpha value is -1.87. The van der Waals surface area contributed by atoms with Crippen LogP contribution in [0.5, 0.6) is 0 Å². The average Bonchev–Trinajstić information content (AvgIpc) is 3.00. The van der Waals surface area contributed by atoms with Crippen LogP contribution in [-0.4, -0.2) is 5.97 Å². The number of thiophene rings is 1. The number of ether oxygens (including phenoxy) is 1. The lowest BCUT2D eigenvalue weighted by molar-refractivity contribution is -0.142. The molecule has 2 aliphatic carbocycles. The molecule has 5 rings (SSSR count). The third-order valence-electron chi connectivity index (χ3n) is 5.83. The molecular weight excluding hydrogens is 292 g/mol. The van der Waals surface area contributed by atoms with E-state index in [0.29, 0.717) is 5.92 Å². The zero-order chi connectivity index (χ0) is 14.8. The van der Waals surface area contributed by atoms with Crippen molar-refractivity contribution in [1.82, 2.24) is 0 Å². The van der Waals surface area contributed by atoms with E-state index < -0.39 is 5.41 Å². The Bertz CT molecular complexity index is 777. The highest BCUT2D eigenvalue weighted by atomic mass is 32.1. The summed E-state index contributed by atoms with van der Waals surface area (Å²) in [7, 11) is 0. The van der Waals surface area contributed by atoms with E-state index in [9.17, 15) is 4.79 Å². The molecule has 22 heavy (non-hydrogen) atoms.